The van der Waals surface area contributed by atoms with Gasteiger partial charge in [0.15, 0.2) is 0 Å². The molecule has 0 heterocycles. The minimum Gasteiger partial charge on any atom is -0.370 e. The highest BCUT2D eigenvalue weighted by atomic mass is 19.4. The van der Waals surface area contributed by atoms with Crippen LogP contribution >= 0.6 is 0 Å². The third kappa shape index (κ3) is 8.73. The molecular formula is C13H15F3N2O2. The molecule has 0 aliphatic heterocycles. The molecule has 0 aliphatic rings. The molecule has 0 radical (unpaired) electrons. The molecule has 0 unspecified atom stereocenters. The van der Waals surface area contributed by atoms with E-state index in [1.165, 1.54) is 38.3 Å². The van der Waals surface area contributed by atoms with Crippen molar-refractivity contribution in [2.45, 2.75) is 20.0 Å². The zero-order valence-electron chi connectivity index (χ0n) is 11.0. The van der Waals surface area contributed by atoms with Gasteiger partial charge in [-0.3, -0.25) is 9.59 Å². The highest BCUT2D eigenvalue weighted by Crippen LogP contribution is 2.29. The van der Waals surface area contributed by atoms with E-state index < -0.39 is 11.7 Å². The first-order chi connectivity index (χ1) is 9.12. The molecule has 3 N–H and O–H groups in total. The number of carbonyl (C=O) groups excluding carboxylic acids is 2. The second-order valence-electron chi connectivity index (χ2n) is 3.76. The molecule has 0 spiro atoms. The van der Waals surface area contributed by atoms with Gasteiger partial charge in [0.25, 0.3) is 0 Å². The molecule has 20 heavy (non-hydrogen) atoms. The molecule has 0 aromatic heterocycles. The fourth-order valence-electron chi connectivity index (χ4n) is 1.04. The molecule has 7 heteroatoms. The lowest BCUT2D eigenvalue weighted by Crippen LogP contribution is -2.11. The maximum atomic E-state index is 12.2. The van der Waals surface area contributed by atoms with Gasteiger partial charge in [-0.05, 0) is 23.8 Å². The van der Waals surface area contributed by atoms with Crippen molar-refractivity contribution in [1.82, 2.24) is 5.32 Å². The summed E-state index contributed by atoms with van der Waals surface area (Å²) in [4.78, 5) is 19.7. The Hall–Kier alpha value is -2.31. The van der Waals surface area contributed by atoms with E-state index >= 15 is 0 Å². The van der Waals surface area contributed by atoms with Crippen molar-refractivity contribution >= 4 is 17.9 Å². The Bertz CT molecular complexity index is 475. The molecule has 0 bridgehead atoms. The second-order valence-corrected chi connectivity index (χ2v) is 3.76. The molecule has 1 rings (SSSR count). The Morgan fingerprint density at radius 1 is 1.15 bits per heavy atom. The lowest BCUT2D eigenvalue weighted by Gasteiger charge is -2.05. The number of nitrogens with one attached hydrogen (secondary N) is 1. The number of benzene rings is 1. The van der Waals surface area contributed by atoms with Crippen molar-refractivity contribution in [3.8, 4) is 0 Å². The number of amides is 2. The highest BCUT2D eigenvalue weighted by molar-refractivity contribution is 5.74. The molecule has 0 fully saturated rings. The molecule has 0 saturated carbocycles. The van der Waals surface area contributed by atoms with Crippen LogP contribution in [-0.2, 0) is 15.8 Å². The largest absolute Gasteiger partial charge is 0.416 e. The summed E-state index contributed by atoms with van der Waals surface area (Å²) >= 11 is 0. The van der Waals surface area contributed by atoms with E-state index in [4.69, 9.17) is 0 Å². The molecule has 2 amide bonds. The Balaban J connectivity index is 0.000000796. The van der Waals surface area contributed by atoms with Crippen molar-refractivity contribution in [3.05, 3.63) is 41.6 Å². The number of rotatable bonds is 2. The maximum Gasteiger partial charge on any atom is 0.416 e. The maximum absolute atomic E-state index is 12.2. The number of primary amides is 1. The number of carbonyl (C=O) groups is 2. The van der Waals surface area contributed by atoms with Crippen LogP contribution in [-0.4, -0.2) is 11.8 Å². The van der Waals surface area contributed by atoms with E-state index in [-0.39, 0.29) is 11.8 Å². The second kappa shape index (κ2) is 7.98. The van der Waals surface area contributed by atoms with E-state index in [2.05, 4.69) is 11.1 Å². The van der Waals surface area contributed by atoms with Gasteiger partial charge in [0.1, 0.15) is 0 Å². The normalized spacial score (nSPS) is 10.7. The summed E-state index contributed by atoms with van der Waals surface area (Å²) in [6.45, 7) is 2.65. The minimum absolute atomic E-state index is 0.233. The van der Waals surface area contributed by atoms with Crippen LogP contribution < -0.4 is 11.1 Å². The average Bonchev–Trinajstić information content (AvgIpc) is 2.27. The number of hydrogen-bond donors (Lipinski definition) is 2. The van der Waals surface area contributed by atoms with Gasteiger partial charge >= 0.3 is 6.18 Å². The topological polar surface area (TPSA) is 72.2 Å². The molecule has 110 valence electrons. The SMILES string of the molecule is CC(=O)NC=Cc1ccc(C(F)(F)F)cc1.CC(N)=O. The molecule has 1 aromatic rings. The predicted octanol–water partition coefficient (Wildman–Crippen LogP) is 2.30. The molecule has 0 atom stereocenters. The molecule has 0 saturated heterocycles. The van der Waals surface area contributed by atoms with Crippen molar-refractivity contribution in [2.75, 3.05) is 0 Å². The number of halogens is 3. The third-order valence-electron chi connectivity index (χ3n) is 1.80. The molecule has 0 aliphatic carbocycles. The third-order valence-corrected chi connectivity index (χ3v) is 1.80. The Morgan fingerprint density at radius 2 is 1.60 bits per heavy atom. The lowest BCUT2D eigenvalue weighted by atomic mass is 10.1. The fraction of sp³-hybridized carbons (Fsp3) is 0.231. The first-order valence-electron chi connectivity index (χ1n) is 5.50. The first-order valence-corrected chi connectivity index (χ1v) is 5.50. The zero-order chi connectivity index (χ0) is 15.8. The summed E-state index contributed by atoms with van der Waals surface area (Å²) in [7, 11) is 0. The minimum atomic E-state index is -4.32. The van der Waals surface area contributed by atoms with Crippen LogP contribution in [0.15, 0.2) is 30.5 Å². The summed E-state index contributed by atoms with van der Waals surface area (Å²) in [6.07, 6.45) is -1.42. The number of alkyl halides is 3. The quantitative estimate of drug-likeness (QED) is 0.876. The van der Waals surface area contributed by atoms with Crippen molar-refractivity contribution in [3.63, 3.8) is 0 Å². The van der Waals surface area contributed by atoms with Crippen molar-refractivity contribution in [1.29, 1.82) is 0 Å². The first kappa shape index (κ1) is 17.7. The summed E-state index contributed by atoms with van der Waals surface area (Å²) in [5.41, 5.74) is 4.37. The van der Waals surface area contributed by atoms with E-state index in [1.807, 2.05) is 0 Å². The van der Waals surface area contributed by atoms with Crippen LogP contribution in [0, 0.1) is 0 Å². The lowest BCUT2D eigenvalue weighted by molar-refractivity contribution is -0.137. The standard InChI is InChI=1S/C11H10F3NO.C2H5NO/c1-8(16)15-7-6-9-2-4-10(5-3-9)11(12,13)14;1-2(3)4/h2-7H,1H3,(H,15,16);1H3,(H2,3,4). The van der Waals surface area contributed by atoms with Crippen LogP contribution in [0.5, 0.6) is 0 Å². The monoisotopic (exact) mass is 288 g/mol. The Labute approximate surface area is 114 Å². The van der Waals surface area contributed by atoms with Crippen LogP contribution in [0.1, 0.15) is 25.0 Å². The predicted molar refractivity (Wildman–Crippen MR) is 69.2 cm³/mol. The van der Waals surface area contributed by atoms with Crippen LogP contribution in [0.4, 0.5) is 13.2 Å². The van der Waals surface area contributed by atoms with Gasteiger partial charge in [-0.15, -0.1) is 0 Å². The summed E-state index contributed by atoms with van der Waals surface area (Å²) < 4.78 is 36.6. The summed E-state index contributed by atoms with van der Waals surface area (Å²) in [6, 6.07) is 4.66. The average molecular weight is 288 g/mol. The Morgan fingerprint density at radius 3 is 1.95 bits per heavy atom. The Kier molecular flexibility index (Phi) is 7.06. The van der Waals surface area contributed by atoms with Crippen molar-refractivity contribution in [2.24, 2.45) is 5.73 Å². The van der Waals surface area contributed by atoms with Gasteiger partial charge in [-0.25, -0.2) is 0 Å². The molecular weight excluding hydrogens is 273 g/mol. The van der Waals surface area contributed by atoms with E-state index in [9.17, 15) is 22.8 Å². The van der Waals surface area contributed by atoms with E-state index in [0.717, 1.165) is 12.1 Å². The molecule has 1 aromatic carbocycles. The van der Waals surface area contributed by atoms with E-state index in [1.54, 1.807) is 0 Å². The summed E-state index contributed by atoms with van der Waals surface area (Å²) in [5.74, 6) is -0.567. The molecule has 4 nitrogen and oxygen atoms in total. The fourth-order valence-corrected chi connectivity index (χ4v) is 1.04. The van der Waals surface area contributed by atoms with Gasteiger partial charge in [-0.2, -0.15) is 13.2 Å². The number of nitrogens with two attached hydrogens (primary N) is 1. The van der Waals surface area contributed by atoms with Crippen LogP contribution in [0.2, 0.25) is 0 Å². The van der Waals surface area contributed by atoms with Gasteiger partial charge < -0.3 is 11.1 Å². The number of hydrogen-bond acceptors (Lipinski definition) is 2. The van der Waals surface area contributed by atoms with E-state index in [0.29, 0.717) is 5.56 Å². The zero-order valence-corrected chi connectivity index (χ0v) is 11.0. The van der Waals surface area contributed by atoms with Gasteiger partial charge in [0.2, 0.25) is 11.8 Å². The highest BCUT2D eigenvalue weighted by Gasteiger charge is 2.29. The summed E-state index contributed by atoms with van der Waals surface area (Å²) in [5, 5.41) is 2.40. The van der Waals surface area contributed by atoms with Crippen molar-refractivity contribution < 1.29 is 22.8 Å². The van der Waals surface area contributed by atoms with Gasteiger partial charge in [0.05, 0.1) is 5.56 Å². The van der Waals surface area contributed by atoms with Crippen LogP contribution in [0.3, 0.4) is 0 Å². The van der Waals surface area contributed by atoms with Crippen LogP contribution in [0.25, 0.3) is 6.08 Å². The van der Waals surface area contributed by atoms with Gasteiger partial charge in [-0.1, -0.05) is 12.1 Å². The smallest absolute Gasteiger partial charge is 0.370 e. The van der Waals surface area contributed by atoms with Gasteiger partial charge in [0, 0.05) is 20.0 Å².